The highest BCUT2D eigenvalue weighted by molar-refractivity contribution is 6.04. The summed E-state index contributed by atoms with van der Waals surface area (Å²) in [5, 5.41) is 12.4. The minimum atomic E-state index is -0.328. The molecule has 0 aliphatic heterocycles. The van der Waals surface area contributed by atoms with Crippen molar-refractivity contribution < 1.29 is 24.1 Å². The number of phenols is 1. The molecule has 0 aliphatic carbocycles. The molecule has 0 saturated carbocycles. The predicted octanol–water partition coefficient (Wildman–Crippen LogP) is 2.67. The molecule has 2 aromatic rings. The highest BCUT2D eigenvalue weighted by atomic mass is 16.5. The van der Waals surface area contributed by atoms with E-state index in [0.717, 1.165) is 0 Å². The highest BCUT2D eigenvalue weighted by Crippen LogP contribution is 2.30. The third kappa shape index (κ3) is 3.22. The van der Waals surface area contributed by atoms with Crippen molar-refractivity contribution in [2.75, 3.05) is 26.6 Å². The number of rotatable bonds is 5. The lowest BCUT2D eigenvalue weighted by molar-refractivity contribution is 0.102. The molecule has 0 unspecified atom stereocenters. The van der Waals surface area contributed by atoms with E-state index in [-0.39, 0.29) is 11.7 Å². The summed E-state index contributed by atoms with van der Waals surface area (Å²) in [4.78, 5) is 12.2. The van der Waals surface area contributed by atoms with Gasteiger partial charge in [0.15, 0.2) is 23.0 Å². The van der Waals surface area contributed by atoms with Crippen LogP contribution in [-0.2, 0) is 0 Å². The first-order chi connectivity index (χ1) is 10.6. The van der Waals surface area contributed by atoms with Crippen LogP contribution in [0, 0.1) is 0 Å². The summed E-state index contributed by atoms with van der Waals surface area (Å²) in [7, 11) is 4.48. The molecule has 1 amide bonds. The summed E-state index contributed by atoms with van der Waals surface area (Å²) in [5.74, 6) is 0.969. The highest BCUT2D eigenvalue weighted by Gasteiger charge is 2.12. The number of hydrogen-bond acceptors (Lipinski definition) is 5. The van der Waals surface area contributed by atoms with E-state index in [1.165, 1.54) is 27.4 Å². The number of nitrogens with one attached hydrogen (secondary N) is 1. The van der Waals surface area contributed by atoms with Crippen molar-refractivity contribution in [2.45, 2.75) is 0 Å². The molecule has 116 valence electrons. The summed E-state index contributed by atoms with van der Waals surface area (Å²) in [6, 6.07) is 9.48. The van der Waals surface area contributed by atoms with Crippen molar-refractivity contribution >= 4 is 11.6 Å². The zero-order valence-corrected chi connectivity index (χ0v) is 12.5. The second-order valence-electron chi connectivity index (χ2n) is 4.41. The SMILES string of the molecule is COc1ccc(NC(=O)c2ccc(OC)c(OC)c2)cc1O. The van der Waals surface area contributed by atoms with Gasteiger partial charge in [-0.05, 0) is 30.3 Å². The first kappa shape index (κ1) is 15.5. The summed E-state index contributed by atoms with van der Waals surface area (Å²) in [5.41, 5.74) is 0.867. The van der Waals surface area contributed by atoms with Gasteiger partial charge in [0.1, 0.15) is 0 Å². The van der Waals surface area contributed by atoms with Gasteiger partial charge in [0.2, 0.25) is 0 Å². The normalized spacial score (nSPS) is 9.95. The lowest BCUT2D eigenvalue weighted by atomic mass is 10.1. The number of aromatic hydroxyl groups is 1. The fourth-order valence-electron chi connectivity index (χ4n) is 1.95. The van der Waals surface area contributed by atoms with Crippen LogP contribution in [0.5, 0.6) is 23.0 Å². The van der Waals surface area contributed by atoms with Gasteiger partial charge in [-0.1, -0.05) is 0 Å². The predicted molar refractivity (Wildman–Crippen MR) is 82.2 cm³/mol. The van der Waals surface area contributed by atoms with Crippen molar-refractivity contribution in [3.8, 4) is 23.0 Å². The molecule has 6 heteroatoms. The Balaban J connectivity index is 2.20. The number of hydrogen-bond donors (Lipinski definition) is 2. The maximum absolute atomic E-state index is 12.2. The minimum absolute atomic E-state index is 0.0485. The number of carbonyl (C=O) groups excluding carboxylic acids is 1. The Morgan fingerprint density at radius 2 is 1.55 bits per heavy atom. The molecular formula is C16H17NO5. The molecule has 0 saturated heterocycles. The number of carbonyl (C=O) groups is 1. The lowest BCUT2D eigenvalue weighted by Gasteiger charge is -2.11. The fourth-order valence-corrected chi connectivity index (χ4v) is 1.95. The average Bonchev–Trinajstić information content (AvgIpc) is 2.54. The molecule has 0 aliphatic rings. The van der Waals surface area contributed by atoms with Gasteiger partial charge in [-0.3, -0.25) is 4.79 Å². The van der Waals surface area contributed by atoms with E-state index in [9.17, 15) is 9.90 Å². The molecule has 2 N–H and O–H groups in total. The maximum Gasteiger partial charge on any atom is 0.255 e. The van der Waals surface area contributed by atoms with E-state index in [1.807, 2.05) is 0 Å². The average molecular weight is 303 g/mol. The van der Waals surface area contributed by atoms with Crippen molar-refractivity contribution in [3.05, 3.63) is 42.0 Å². The summed E-state index contributed by atoms with van der Waals surface area (Å²) >= 11 is 0. The molecule has 22 heavy (non-hydrogen) atoms. The van der Waals surface area contributed by atoms with Crippen LogP contribution in [0.15, 0.2) is 36.4 Å². The Labute approximate surface area is 128 Å². The maximum atomic E-state index is 12.2. The van der Waals surface area contributed by atoms with Crippen LogP contribution in [0.4, 0.5) is 5.69 Å². The lowest BCUT2D eigenvalue weighted by Crippen LogP contribution is -2.12. The van der Waals surface area contributed by atoms with Gasteiger partial charge in [0.05, 0.1) is 21.3 Å². The van der Waals surface area contributed by atoms with E-state index in [2.05, 4.69) is 5.32 Å². The van der Waals surface area contributed by atoms with Gasteiger partial charge in [-0.15, -0.1) is 0 Å². The van der Waals surface area contributed by atoms with Crippen LogP contribution in [-0.4, -0.2) is 32.3 Å². The van der Waals surface area contributed by atoms with Crippen LogP contribution in [0.3, 0.4) is 0 Å². The van der Waals surface area contributed by atoms with Crippen molar-refractivity contribution in [1.29, 1.82) is 0 Å². The second-order valence-corrected chi connectivity index (χ2v) is 4.41. The van der Waals surface area contributed by atoms with Crippen LogP contribution < -0.4 is 19.5 Å². The standard InChI is InChI=1S/C16H17NO5/c1-20-13-7-5-11(9-12(13)18)17-16(19)10-4-6-14(21-2)15(8-10)22-3/h4-9,18H,1-3H3,(H,17,19). The van der Waals surface area contributed by atoms with Crippen LogP contribution >= 0.6 is 0 Å². The van der Waals surface area contributed by atoms with Gasteiger partial charge in [-0.2, -0.15) is 0 Å². The molecule has 2 rings (SSSR count). The van der Waals surface area contributed by atoms with E-state index in [0.29, 0.717) is 28.5 Å². The molecule has 2 aromatic carbocycles. The summed E-state index contributed by atoms with van der Waals surface area (Å²) in [6.45, 7) is 0. The molecule has 0 spiro atoms. The fraction of sp³-hybridized carbons (Fsp3) is 0.188. The Kier molecular flexibility index (Phi) is 4.73. The van der Waals surface area contributed by atoms with Gasteiger partial charge >= 0.3 is 0 Å². The van der Waals surface area contributed by atoms with Gasteiger partial charge in [0, 0.05) is 17.3 Å². The van der Waals surface area contributed by atoms with Crippen LogP contribution in [0.1, 0.15) is 10.4 Å². The Morgan fingerprint density at radius 1 is 0.909 bits per heavy atom. The first-order valence-corrected chi connectivity index (χ1v) is 6.49. The monoisotopic (exact) mass is 303 g/mol. The minimum Gasteiger partial charge on any atom is -0.504 e. The molecule has 6 nitrogen and oxygen atoms in total. The molecule has 0 aromatic heterocycles. The number of anilines is 1. The van der Waals surface area contributed by atoms with Crippen molar-refractivity contribution in [3.63, 3.8) is 0 Å². The second kappa shape index (κ2) is 6.71. The Morgan fingerprint density at radius 3 is 2.14 bits per heavy atom. The number of benzene rings is 2. The molecule has 0 radical (unpaired) electrons. The Bertz CT molecular complexity index is 684. The third-order valence-corrected chi connectivity index (χ3v) is 3.08. The summed E-state index contributed by atoms with van der Waals surface area (Å²) < 4.78 is 15.2. The first-order valence-electron chi connectivity index (χ1n) is 6.49. The van der Waals surface area contributed by atoms with Crippen molar-refractivity contribution in [2.24, 2.45) is 0 Å². The topological polar surface area (TPSA) is 77.0 Å². The van der Waals surface area contributed by atoms with Gasteiger partial charge < -0.3 is 24.6 Å². The molecule has 0 bridgehead atoms. The largest absolute Gasteiger partial charge is 0.504 e. The number of amides is 1. The van der Waals surface area contributed by atoms with Crippen LogP contribution in [0.25, 0.3) is 0 Å². The smallest absolute Gasteiger partial charge is 0.255 e. The number of phenolic OH excluding ortho intramolecular Hbond substituents is 1. The quantitative estimate of drug-likeness (QED) is 0.888. The number of methoxy groups -OCH3 is 3. The number of ether oxygens (including phenoxy) is 3. The van der Waals surface area contributed by atoms with Gasteiger partial charge in [0.25, 0.3) is 5.91 Å². The van der Waals surface area contributed by atoms with Crippen LogP contribution in [0.2, 0.25) is 0 Å². The zero-order valence-electron chi connectivity index (χ0n) is 12.5. The zero-order chi connectivity index (χ0) is 16.1. The molecule has 0 atom stereocenters. The molecular weight excluding hydrogens is 286 g/mol. The van der Waals surface area contributed by atoms with Gasteiger partial charge in [-0.25, -0.2) is 0 Å². The molecule has 0 fully saturated rings. The third-order valence-electron chi connectivity index (χ3n) is 3.08. The van der Waals surface area contributed by atoms with E-state index < -0.39 is 0 Å². The van der Waals surface area contributed by atoms with E-state index in [1.54, 1.807) is 30.3 Å². The van der Waals surface area contributed by atoms with Crippen molar-refractivity contribution in [1.82, 2.24) is 0 Å². The molecule has 0 heterocycles. The van der Waals surface area contributed by atoms with E-state index in [4.69, 9.17) is 14.2 Å². The Hall–Kier alpha value is -2.89. The van der Waals surface area contributed by atoms with E-state index >= 15 is 0 Å². The summed E-state index contributed by atoms with van der Waals surface area (Å²) in [6.07, 6.45) is 0.